The van der Waals surface area contributed by atoms with Crippen molar-refractivity contribution in [2.24, 2.45) is 0 Å². The zero-order valence-electron chi connectivity index (χ0n) is 18.0. The Morgan fingerprint density at radius 1 is 1.19 bits per heavy atom. The summed E-state index contributed by atoms with van der Waals surface area (Å²) in [6, 6.07) is 10.3. The number of nitrogens with one attached hydrogen (secondary N) is 1. The van der Waals surface area contributed by atoms with Gasteiger partial charge in [-0.1, -0.05) is 41.7 Å². The van der Waals surface area contributed by atoms with Gasteiger partial charge in [0.15, 0.2) is 5.13 Å². The molecule has 0 spiro atoms. The smallest absolute Gasteiger partial charge is 0.226 e. The average Bonchev–Trinajstić information content (AvgIpc) is 3.28. The number of benzene rings is 1. The minimum absolute atomic E-state index is 0.0402. The first-order valence-electron chi connectivity index (χ1n) is 10.9. The molecule has 1 aromatic carbocycles. The van der Waals surface area contributed by atoms with Crippen molar-refractivity contribution in [1.82, 2.24) is 9.71 Å². The largest absolute Gasteiger partial charge is 0.492 e. The van der Waals surface area contributed by atoms with E-state index in [0.29, 0.717) is 30.6 Å². The third-order valence-electron chi connectivity index (χ3n) is 6.37. The summed E-state index contributed by atoms with van der Waals surface area (Å²) in [7, 11) is -3.33. The van der Waals surface area contributed by atoms with Crippen LogP contribution in [0.5, 0.6) is 5.88 Å². The van der Waals surface area contributed by atoms with Crippen LogP contribution in [0.25, 0.3) is 0 Å². The van der Waals surface area contributed by atoms with Gasteiger partial charge in [0.05, 0.1) is 29.9 Å². The Labute approximate surface area is 188 Å². The SMILES string of the molecule is Cc1sc(N2CC[C@H](NS(C)(=O)=O)[C@@H]2CO[C@H]2CC[C@@H](c3ccccc3)CC2)nc1O. The predicted molar refractivity (Wildman–Crippen MR) is 123 cm³/mol. The monoisotopic (exact) mass is 465 g/mol. The van der Waals surface area contributed by atoms with Gasteiger partial charge in [-0.2, -0.15) is 4.98 Å². The molecule has 2 fully saturated rings. The zero-order valence-corrected chi connectivity index (χ0v) is 19.7. The van der Waals surface area contributed by atoms with Crippen LogP contribution in [0.4, 0.5) is 5.13 Å². The number of nitrogens with zero attached hydrogens (tertiary/aromatic N) is 2. The summed E-state index contributed by atoms with van der Waals surface area (Å²) in [5.41, 5.74) is 1.40. The standard InChI is InChI=1S/C22H31N3O4S2/c1-15-21(26)23-22(30-15)25-13-12-19(24-31(2,27)28)20(25)14-29-18-10-8-17(9-11-18)16-6-4-3-5-7-16/h3-7,17-20,24,26H,8-14H2,1-2H3/t17-,18+,19-,20-/m0/s1. The van der Waals surface area contributed by atoms with Gasteiger partial charge in [0.1, 0.15) is 0 Å². The van der Waals surface area contributed by atoms with Gasteiger partial charge in [-0.05, 0) is 50.5 Å². The molecule has 1 saturated carbocycles. The molecule has 0 bridgehead atoms. The normalized spacial score (nSPS) is 27.0. The van der Waals surface area contributed by atoms with Crippen LogP contribution in [0, 0.1) is 6.92 Å². The molecule has 2 aromatic rings. The van der Waals surface area contributed by atoms with Crippen molar-refractivity contribution in [3.63, 3.8) is 0 Å². The lowest BCUT2D eigenvalue weighted by atomic mass is 9.83. The molecule has 170 valence electrons. The number of aromatic nitrogens is 1. The van der Waals surface area contributed by atoms with E-state index in [-0.39, 0.29) is 24.1 Å². The van der Waals surface area contributed by atoms with E-state index in [9.17, 15) is 13.5 Å². The lowest BCUT2D eigenvalue weighted by Gasteiger charge is -2.32. The lowest BCUT2D eigenvalue weighted by molar-refractivity contribution is 0.0157. The summed E-state index contributed by atoms with van der Waals surface area (Å²) < 4.78 is 32.9. The summed E-state index contributed by atoms with van der Waals surface area (Å²) in [4.78, 5) is 7.12. The Bertz CT molecular complexity index is 952. The summed E-state index contributed by atoms with van der Waals surface area (Å²) in [6.07, 6.45) is 6.29. The van der Waals surface area contributed by atoms with Gasteiger partial charge in [-0.25, -0.2) is 13.1 Å². The number of hydrogen-bond donors (Lipinski definition) is 2. The van der Waals surface area contributed by atoms with E-state index in [2.05, 4.69) is 44.9 Å². The van der Waals surface area contributed by atoms with Gasteiger partial charge in [-0.15, -0.1) is 0 Å². The number of aryl methyl sites for hydroxylation is 1. The fourth-order valence-electron chi connectivity index (χ4n) is 4.73. The third kappa shape index (κ3) is 5.58. The van der Waals surface area contributed by atoms with Crippen molar-refractivity contribution >= 4 is 26.5 Å². The molecule has 1 aliphatic heterocycles. The second-order valence-corrected chi connectivity index (χ2v) is 11.6. The van der Waals surface area contributed by atoms with E-state index in [1.807, 2.05) is 6.92 Å². The number of aromatic hydroxyl groups is 1. The first-order valence-corrected chi connectivity index (χ1v) is 13.6. The third-order valence-corrected chi connectivity index (χ3v) is 8.09. The van der Waals surface area contributed by atoms with Crippen molar-refractivity contribution < 1.29 is 18.3 Å². The van der Waals surface area contributed by atoms with E-state index in [1.54, 1.807) is 0 Å². The fourth-order valence-corrected chi connectivity index (χ4v) is 6.44. The van der Waals surface area contributed by atoms with Crippen LogP contribution in [0.2, 0.25) is 0 Å². The van der Waals surface area contributed by atoms with Gasteiger partial charge in [0.2, 0.25) is 15.9 Å². The molecular weight excluding hydrogens is 434 g/mol. The van der Waals surface area contributed by atoms with Crippen LogP contribution >= 0.6 is 11.3 Å². The number of anilines is 1. The number of rotatable bonds is 7. The van der Waals surface area contributed by atoms with E-state index in [1.165, 1.54) is 23.2 Å². The quantitative estimate of drug-likeness (QED) is 0.651. The Morgan fingerprint density at radius 3 is 2.52 bits per heavy atom. The van der Waals surface area contributed by atoms with Crippen LogP contribution in [0.15, 0.2) is 30.3 Å². The Balaban J connectivity index is 1.39. The Morgan fingerprint density at radius 2 is 1.90 bits per heavy atom. The maximum absolute atomic E-state index is 11.9. The number of ether oxygens (including phenoxy) is 1. The first-order chi connectivity index (χ1) is 14.8. The molecule has 1 saturated heterocycles. The molecule has 2 heterocycles. The van der Waals surface area contributed by atoms with E-state index in [4.69, 9.17) is 4.74 Å². The highest BCUT2D eigenvalue weighted by Gasteiger charge is 2.38. The van der Waals surface area contributed by atoms with E-state index < -0.39 is 10.0 Å². The molecule has 9 heteroatoms. The highest BCUT2D eigenvalue weighted by molar-refractivity contribution is 7.88. The average molecular weight is 466 g/mol. The van der Waals surface area contributed by atoms with Crippen LogP contribution < -0.4 is 9.62 Å². The minimum atomic E-state index is -3.33. The minimum Gasteiger partial charge on any atom is -0.492 e. The summed E-state index contributed by atoms with van der Waals surface area (Å²) in [6.45, 7) is 2.94. The van der Waals surface area contributed by atoms with Gasteiger partial charge in [-0.3, -0.25) is 0 Å². The molecule has 0 unspecified atom stereocenters. The van der Waals surface area contributed by atoms with Crippen molar-refractivity contribution in [3.8, 4) is 5.88 Å². The Hall–Kier alpha value is -1.68. The molecule has 2 N–H and O–H groups in total. The zero-order chi connectivity index (χ0) is 22.0. The van der Waals surface area contributed by atoms with Gasteiger partial charge < -0.3 is 14.7 Å². The lowest BCUT2D eigenvalue weighted by Crippen LogP contribution is -2.48. The van der Waals surface area contributed by atoms with Gasteiger partial charge >= 0.3 is 0 Å². The molecule has 0 radical (unpaired) electrons. The maximum Gasteiger partial charge on any atom is 0.226 e. The van der Waals surface area contributed by atoms with Crippen LogP contribution in [-0.2, 0) is 14.8 Å². The van der Waals surface area contributed by atoms with Crippen molar-refractivity contribution in [1.29, 1.82) is 0 Å². The molecule has 7 nitrogen and oxygen atoms in total. The molecule has 0 amide bonds. The highest BCUT2D eigenvalue weighted by Crippen LogP contribution is 2.36. The maximum atomic E-state index is 11.9. The Kier molecular flexibility index (Phi) is 6.86. The summed E-state index contributed by atoms with van der Waals surface area (Å²) in [5.74, 6) is 0.628. The summed E-state index contributed by atoms with van der Waals surface area (Å²) in [5, 5.41) is 10.6. The van der Waals surface area contributed by atoms with E-state index >= 15 is 0 Å². The second kappa shape index (κ2) is 9.44. The van der Waals surface area contributed by atoms with Crippen molar-refractivity contribution in [2.45, 2.75) is 63.1 Å². The molecule has 1 aliphatic carbocycles. The van der Waals surface area contributed by atoms with Crippen LogP contribution in [0.1, 0.15) is 48.5 Å². The molecule has 4 rings (SSSR count). The number of sulfonamides is 1. The van der Waals surface area contributed by atoms with Crippen molar-refractivity contribution in [2.75, 3.05) is 24.3 Å². The summed E-state index contributed by atoms with van der Waals surface area (Å²) >= 11 is 1.43. The number of thiazole rings is 1. The number of hydrogen-bond acceptors (Lipinski definition) is 7. The first kappa shape index (κ1) is 22.5. The molecule has 2 aliphatic rings. The molecule has 2 atom stereocenters. The van der Waals surface area contributed by atoms with Crippen molar-refractivity contribution in [3.05, 3.63) is 40.8 Å². The van der Waals surface area contributed by atoms with E-state index in [0.717, 1.165) is 30.6 Å². The molecular formula is C22H31N3O4S2. The fraction of sp³-hybridized carbons (Fsp3) is 0.591. The highest BCUT2D eigenvalue weighted by atomic mass is 32.2. The molecule has 31 heavy (non-hydrogen) atoms. The van der Waals surface area contributed by atoms with Gasteiger partial charge in [0, 0.05) is 12.6 Å². The topological polar surface area (TPSA) is 91.8 Å². The van der Waals surface area contributed by atoms with Gasteiger partial charge in [0.25, 0.3) is 0 Å². The second-order valence-electron chi connectivity index (χ2n) is 8.64. The van der Waals surface area contributed by atoms with Crippen LogP contribution in [0.3, 0.4) is 0 Å². The van der Waals surface area contributed by atoms with Crippen LogP contribution in [-0.4, -0.2) is 56.1 Å². The molecule has 1 aromatic heterocycles. The predicted octanol–water partition coefficient (Wildman–Crippen LogP) is 3.40.